The Bertz CT molecular complexity index is 1300. The second-order valence-electron chi connectivity index (χ2n) is 10.9. The molecule has 2 heterocycles. The summed E-state index contributed by atoms with van der Waals surface area (Å²) in [5.41, 5.74) is 3.91. The van der Waals surface area contributed by atoms with Crippen LogP contribution in [0, 0.1) is 6.92 Å². The number of furan rings is 1. The van der Waals surface area contributed by atoms with E-state index in [2.05, 4.69) is 45.1 Å². The minimum atomic E-state index is -0.276. The van der Waals surface area contributed by atoms with E-state index in [0.29, 0.717) is 30.3 Å². The molecule has 0 spiro atoms. The van der Waals surface area contributed by atoms with Gasteiger partial charge in [-0.05, 0) is 66.1 Å². The summed E-state index contributed by atoms with van der Waals surface area (Å²) in [6, 6.07) is 15.3. The van der Waals surface area contributed by atoms with Crippen LogP contribution in [0.5, 0.6) is 11.5 Å². The molecular weight excluding hydrogens is 506 g/mol. The summed E-state index contributed by atoms with van der Waals surface area (Å²) in [7, 11) is 0. The van der Waals surface area contributed by atoms with Crippen LogP contribution >= 0.6 is 0 Å². The van der Waals surface area contributed by atoms with Crippen LogP contribution in [0.4, 0.5) is 10.5 Å². The largest absolute Gasteiger partial charge is 0.464 e. The number of carbonyl (C=O) groups excluding carboxylic acids is 2. The zero-order chi connectivity index (χ0) is 28.8. The smallest absolute Gasteiger partial charge is 0.322 e. The highest BCUT2D eigenvalue weighted by Crippen LogP contribution is 2.34. The normalized spacial score (nSPS) is 12.2. The molecule has 8 nitrogen and oxygen atoms in total. The highest BCUT2D eigenvalue weighted by molar-refractivity contribution is 5.94. The van der Waals surface area contributed by atoms with Crippen molar-refractivity contribution in [2.45, 2.75) is 72.9 Å². The van der Waals surface area contributed by atoms with Crippen molar-refractivity contribution in [3.05, 3.63) is 76.7 Å². The SMILES string of the molecule is CCCN(CC(=O)N(Cc1ccc2c(c1)OCO2)Cc1ccc(C)o1)C(=O)Nc1c(C(C)C)cccc1C(C)C. The molecule has 3 amide bonds. The summed E-state index contributed by atoms with van der Waals surface area (Å²) >= 11 is 0. The van der Waals surface area contributed by atoms with E-state index >= 15 is 0 Å². The van der Waals surface area contributed by atoms with Gasteiger partial charge >= 0.3 is 6.03 Å². The molecule has 1 aliphatic rings. The van der Waals surface area contributed by atoms with Crippen molar-refractivity contribution < 1.29 is 23.5 Å². The third-order valence-electron chi connectivity index (χ3n) is 7.02. The van der Waals surface area contributed by atoms with Gasteiger partial charge in [0.15, 0.2) is 11.5 Å². The van der Waals surface area contributed by atoms with Crippen LogP contribution < -0.4 is 14.8 Å². The molecule has 0 unspecified atom stereocenters. The molecule has 2 aromatic carbocycles. The van der Waals surface area contributed by atoms with E-state index < -0.39 is 0 Å². The average molecular weight is 548 g/mol. The van der Waals surface area contributed by atoms with Crippen molar-refractivity contribution >= 4 is 17.6 Å². The van der Waals surface area contributed by atoms with Crippen LogP contribution in [-0.2, 0) is 17.9 Å². The average Bonchev–Trinajstić information content (AvgIpc) is 3.55. The van der Waals surface area contributed by atoms with Gasteiger partial charge in [0.05, 0.1) is 6.54 Å². The minimum Gasteiger partial charge on any atom is -0.464 e. The van der Waals surface area contributed by atoms with Gasteiger partial charge in [0.25, 0.3) is 0 Å². The lowest BCUT2D eigenvalue weighted by molar-refractivity contribution is -0.133. The molecule has 3 aromatic rings. The molecule has 0 aliphatic carbocycles. The van der Waals surface area contributed by atoms with Crippen molar-refractivity contribution in [3.63, 3.8) is 0 Å². The number of para-hydroxylation sites is 1. The maximum absolute atomic E-state index is 13.8. The molecule has 40 heavy (non-hydrogen) atoms. The van der Waals surface area contributed by atoms with Crippen LogP contribution in [0.1, 0.15) is 81.1 Å². The Morgan fingerprint density at radius 2 is 1.60 bits per heavy atom. The number of benzene rings is 2. The summed E-state index contributed by atoms with van der Waals surface area (Å²) in [6.07, 6.45) is 0.725. The first kappa shape index (κ1) is 29.1. The Kier molecular flexibility index (Phi) is 9.40. The molecule has 0 fully saturated rings. The summed E-state index contributed by atoms with van der Waals surface area (Å²) in [5.74, 6) is 3.13. The van der Waals surface area contributed by atoms with Crippen molar-refractivity contribution in [2.24, 2.45) is 0 Å². The molecule has 8 heteroatoms. The van der Waals surface area contributed by atoms with Crippen LogP contribution in [0.2, 0.25) is 0 Å². The fourth-order valence-electron chi connectivity index (χ4n) is 4.92. The molecule has 0 saturated heterocycles. The summed E-state index contributed by atoms with van der Waals surface area (Å²) in [4.78, 5) is 30.8. The van der Waals surface area contributed by atoms with Gasteiger partial charge in [-0.1, -0.05) is 58.9 Å². The highest BCUT2D eigenvalue weighted by Gasteiger charge is 2.25. The van der Waals surface area contributed by atoms with Gasteiger partial charge in [0.1, 0.15) is 18.1 Å². The van der Waals surface area contributed by atoms with Crippen LogP contribution in [0.3, 0.4) is 0 Å². The molecule has 0 bridgehead atoms. The first-order valence-electron chi connectivity index (χ1n) is 14.1. The lowest BCUT2D eigenvalue weighted by Gasteiger charge is -2.28. The molecule has 0 saturated carbocycles. The number of rotatable bonds is 11. The van der Waals surface area contributed by atoms with E-state index in [1.54, 1.807) is 9.80 Å². The Hall–Kier alpha value is -3.94. The number of nitrogens with one attached hydrogen (secondary N) is 1. The first-order chi connectivity index (χ1) is 19.2. The van der Waals surface area contributed by atoms with E-state index in [9.17, 15) is 9.59 Å². The molecule has 1 aliphatic heterocycles. The molecule has 4 rings (SSSR count). The van der Waals surface area contributed by atoms with Gasteiger partial charge in [-0.15, -0.1) is 0 Å². The van der Waals surface area contributed by atoms with Gasteiger partial charge in [0.2, 0.25) is 12.7 Å². The number of carbonyl (C=O) groups is 2. The quantitative estimate of drug-likeness (QED) is 0.278. The number of hydrogen-bond donors (Lipinski definition) is 1. The lowest BCUT2D eigenvalue weighted by atomic mass is 9.93. The van der Waals surface area contributed by atoms with Gasteiger partial charge in [-0.25, -0.2) is 4.79 Å². The van der Waals surface area contributed by atoms with E-state index in [-0.39, 0.29) is 43.7 Å². The number of aryl methyl sites for hydroxylation is 1. The number of urea groups is 1. The number of fused-ring (bicyclic) bond motifs is 1. The number of amides is 3. The third kappa shape index (κ3) is 6.97. The van der Waals surface area contributed by atoms with Crippen LogP contribution in [0.15, 0.2) is 52.9 Å². The number of anilines is 1. The van der Waals surface area contributed by atoms with Crippen molar-refractivity contribution in [2.75, 3.05) is 25.2 Å². The standard InChI is InChI=1S/C32H41N3O5/c1-7-15-34(32(37)33-31-26(21(2)3)9-8-10-27(31)22(4)5)19-30(36)35(18-25-13-11-23(6)40-25)17-24-12-14-28-29(16-24)39-20-38-28/h8-14,16,21-22H,7,15,17-20H2,1-6H3,(H,33,37). The molecule has 1 N–H and O–H groups in total. The Balaban J connectivity index is 1.56. The fraction of sp³-hybridized carbons (Fsp3) is 0.438. The predicted molar refractivity (Wildman–Crippen MR) is 156 cm³/mol. The molecule has 1 aromatic heterocycles. The molecule has 214 valence electrons. The van der Waals surface area contributed by atoms with Gasteiger partial charge in [-0.2, -0.15) is 0 Å². The van der Waals surface area contributed by atoms with Gasteiger partial charge < -0.3 is 29.0 Å². The number of nitrogens with zero attached hydrogens (tertiary/aromatic N) is 2. The Labute approximate surface area is 237 Å². The summed E-state index contributed by atoms with van der Waals surface area (Å²) in [5, 5.41) is 3.17. The summed E-state index contributed by atoms with van der Waals surface area (Å²) in [6.45, 7) is 13.6. The van der Waals surface area contributed by atoms with Gasteiger partial charge in [-0.3, -0.25) is 4.79 Å². The molecule has 0 radical (unpaired) electrons. The Morgan fingerprint density at radius 1 is 0.900 bits per heavy atom. The molecular formula is C32H41N3O5. The number of hydrogen-bond acceptors (Lipinski definition) is 5. The number of ether oxygens (including phenoxy) is 2. The van der Waals surface area contributed by atoms with Crippen molar-refractivity contribution in [1.82, 2.24) is 9.80 Å². The lowest BCUT2D eigenvalue weighted by Crippen LogP contribution is -2.44. The third-order valence-corrected chi connectivity index (χ3v) is 7.02. The zero-order valence-electron chi connectivity index (χ0n) is 24.5. The summed E-state index contributed by atoms with van der Waals surface area (Å²) < 4.78 is 16.8. The fourth-order valence-corrected chi connectivity index (χ4v) is 4.92. The zero-order valence-corrected chi connectivity index (χ0v) is 24.5. The first-order valence-corrected chi connectivity index (χ1v) is 14.1. The van der Waals surface area contributed by atoms with Crippen LogP contribution in [-0.4, -0.2) is 41.6 Å². The predicted octanol–water partition coefficient (Wildman–Crippen LogP) is 7.04. The Morgan fingerprint density at radius 3 is 2.23 bits per heavy atom. The van der Waals surface area contributed by atoms with Crippen LogP contribution in [0.25, 0.3) is 0 Å². The van der Waals surface area contributed by atoms with Crippen molar-refractivity contribution in [3.8, 4) is 11.5 Å². The topological polar surface area (TPSA) is 84.2 Å². The second-order valence-corrected chi connectivity index (χ2v) is 10.9. The van der Waals surface area contributed by atoms with E-state index in [4.69, 9.17) is 13.9 Å². The second kappa shape index (κ2) is 12.9. The minimum absolute atomic E-state index is 0.0508. The van der Waals surface area contributed by atoms with E-state index in [1.807, 2.05) is 50.2 Å². The maximum Gasteiger partial charge on any atom is 0.322 e. The van der Waals surface area contributed by atoms with Crippen molar-refractivity contribution in [1.29, 1.82) is 0 Å². The monoisotopic (exact) mass is 547 g/mol. The van der Waals surface area contributed by atoms with Gasteiger partial charge in [0, 0.05) is 18.8 Å². The highest BCUT2D eigenvalue weighted by atomic mass is 16.7. The maximum atomic E-state index is 13.8. The van der Waals surface area contributed by atoms with E-state index in [0.717, 1.165) is 34.6 Å². The van der Waals surface area contributed by atoms with E-state index in [1.165, 1.54) is 0 Å². The molecule has 0 atom stereocenters.